The fraction of sp³-hybridized carbons (Fsp3) is 0.444. The Labute approximate surface area is 150 Å². The minimum Gasteiger partial charge on any atom is -0.353 e. The van der Waals surface area contributed by atoms with Gasteiger partial charge in [-0.05, 0) is 37.8 Å². The van der Waals surface area contributed by atoms with Crippen molar-refractivity contribution in [1.82, 2.24) is 10.3 Å². The second kappa shape index (κ2) is 8.60. The quantitative estimate of drug-likeness (QED) is 0.712. The van der Waals surface area contributed by atoms with Crippen LogP contribution in [0, 0.1) is 5.92 Å². The van der Waals surface area contributed by atoms with Gasteiger partial charge in [0.2, 0.25) is 5.91 Å². The van der Waals surface area contributed by atoms with Crippen molar-refractivity contribution in [2.45, 2.75) is 46.1 Å². The first-order chi connectivity index (χ1) is 10.9. The Morgan fingerprint density at radius 2 is 2.09 bits per heavy atom. The standard InChI is InChI=1S/C18H23BrN2OS/c1-12(2)7-8-13(3)20-17(22)10-16-11-23-18(21-16)14-5-4-6-15(19)9-14/h4-6,9,11-13H,7-8,10H2,1-3H3,(H,20,22). The van der Waals surface area contributed by atoms with Crippen molar-refractivity contribution in [1.29, 1.82) is 0 Å². The summed E-state index contributed by atoms with van der Waals surface area (Å²) in [6.07, 6.45) is 2.49. The molecule has 2 aromatic rings. The van der Waals surface area contributed by atoms with Gasteiger partial charge in [-0.1, -0.05) is 41.9 Å². The second-order valence-electron chi connectivity index (χ2n) is 6.27. The van der Waals surface area contributed by atoms with E-state index < -0.39 is 0 Å². The second-order valence-corrected chi connectivity index (χ2v) is 8.04. The lowest BCUT2D eigenvalue weighted by Crippen LogP contribution is -2.33. The molecular weight excluding hydrogens is 372 g/mol. The third kappa shape index (κ3) is 6.07. The third-order valence-electron chi connectivity index (χ3n) is 3.55. The minimum atomic E-state index is 0.0485. The van der Waals surface area contributed by atoms with Crippen LogP contribution >= 0.6 is 27.3 Å². The predicted molar refractivity (Wildman–Crippen MR) is 101 cm³/mol. The summed E-state index contributed by atoms with van der Waals surface area (Å²) in [5.41, 5.74) is 1.90. The molecular formula is C18H23BrN2OS. The van der Waals surface area contributed by atoms with E-state index in [-0.39, 0.29) is 11.9 Å². The van der Waals surface area contributed by atoms with Crippen LogP contribution in [0.3, 0.4) is 0 Å². The molecule has 23 heavy (non-hydrogen) atoms. The molecule has 0 aliphatic rings. The zero-order valence-corrected chi connectivity index (χ0v) is 16.2. The molecule has 2 rings (SSSR count). The van der Waals surface area contributed by atoms with E-state index in [1.807, 2.05) is 29.6 Å². The molecule has 1 amide bonds. The molecule has 124 valence electrons. The molecule has 0 saturated heterocycles. The van der Waals surface area contributed by atoms with Crippen LogP contribution in [0.2, 0.25) is 0 Å². The van der Waals surface area contributed by atoms with Crippen molar-refractivity contribution in [3.8, 4) is 10.6 Å². The van der Waals surface area contributed by atoms with Gasteiger partial charge in [0, 0.05) is 21.5 Å². The number of nitrogens with zero attached hydrogens (tertiary/aromatic N) is 1. The van der Waals surface area contributed by atoms with Crippen molar-refractivity contribution in [2.24, 2.45) is 5.92 Å². The molecule has 0 bridgehead atoms. The maximum absolute atomic E-state index is 12.1. The Bertz CT molecular complexity index is 654. The van der Waals surface area contributed by atoms with E-state index >= 15 is 0 Å². The summed E-state index contributed by atoms with van der Waals surface area (Å²) in [5, 5.41) is 5.97. The Kier molecular flexibility index (Phi) is 6.78. The average molecular weight is 395 g/mol. The smallest absolute Gasteiger partial charge is 0.226 e. The number of benzene rings is 1. The van der Waals surface area contributed by atoms with Gasteiger partial charge in [0.15, 0.2) is 0 Å². The molecule has 5 heteroatoms. The molecule has 0 saturated carbocycles. The molecule has 1 atom stereocenters. The molecule has 1 aromatic carbocycles. The molecule has 0 aliphatic heterocycles. The van der Waals surface area contributed by atoms with Gasteiger partial charge >= 0.3 is 0 Å². The molecule has 0 spiro atoms. The van der Waals surface area contributed by atoms with Crippen molar-refractivity contribution < 1.29 is 4.79 Å². The van der Waals surface area contributed by atoms with Crippen LogP contribution in [0.25, 0.3) is 10.6 Å². The maximum atomic E-state index is 12.1. The third-order valence-corrected chi connectivity index (χ3v) is 4.98. The fourth-order valence-electron chi connectivity index (χ4n) is 2.29. The Morgan fingerprint density at radius 3 is 2.78 bits per heavy atom. The number of nitrogens with one attached hydrogen (secondary N) is 1. The highest BCUT2D eigenvalue weighted by Crippen LogP contribution is 2.26. The summed E-state index contributed by atoms with van der Waals surface area (Å²) >= 11 is 5.05. The Hall–Kier alpha value is -1.20. The van der Waals surface area contributed by atoms with Gasteiger partial charge in [-0.15, -0.1) is 11.3 Å². The zero-order chi connectivity index (χ0) is 16.8. The normalized spacial score (nSPS) is 12.4. The van der Waals surface area contributed by atoms with E-state index in [2.05, 4.69) is 47.0 Å². The Balaban J connectivity index is 1.90. The van der Waals surface area contributed by atoms with Crippen LogP contribution in [0.15, 0.2) is 34.1 Å². The van der Waals surface area contributed by atoms with Crippen LogP contribution in [0.4, 0.5) is 0 Å². The fourth-order valence-corrected chi connectivity index (χ4v) is 3.50. The lowest BCUT2D eigenvalue weighted by atomic mass is 10.0. The average Bonchev–Trinajstić information content (AvgIpc) is 2.93. The monoisotopic (exact) mass is 394 g/mol. The van der Waals surface area contributed by atoms with Gasteiger partial charge < -0.3 is 5.32 Å². The summed E-state index contributed by atoms with van der Waals surface area (Å²) in [7, 11) is 0. The van der Waals surface area contributed by atoms with Crippen LogP contribution < -0.4 is 5.32 Å². The molecule has 1 N–H and O–H groups in total. The van der Waals surface area contributed by atoms with Gasteiger partial charge in [0.25, 0.3) is 0 Å². The van der Waals surface area contributed by atoms with Crippen molar-refractivity contribution >= 4 is 33.2 Å². The predicted octanol–water partition coefficient (Wildman–Crippen LogP) is 5.06. The van der Waals surface area contributed by atoms with E-state index in [9.17, 15) is 4.79 Å². The van der Waals surface area contributed by atoms with Crippen molar-refractivity contribution in [2.75, 3.05) is 0 Å². The van der Waals surface area contributed by atoms with E-state index in [0.29, 0.717) is 12.3 Å². The molecule has 1 heterocycles. The highest BCUT2D eigenvalue weighted by Gasteiger charge is 2.12. The van der Waals surface area contributed by atoms with E-state index in [1.165, 1.54) is 0 Å². The zero-order valence-electron chi connectivity index (χ0n) is 13.8. The maximum Gasteiger partial charge on any atom is 0.226 e. The molecule has 0 radical (unpaired) electrons. The summed E-state index contributed by atoms with van der Waals surface area (Å²) in [6.45, 7) is 6.47. The van der Waals surface area contributed by atoms with Gasteiger partial charge in [-0.2, -0.15) is 0 Å². The number of carbonyl (C=O) groups excluding carboxylic acids is 1. The van der Waals surface area contributed by atoms with Crippen LogP contribution in [0.5, 0.6) is 0 Å². The molecule has 3 nitrogen and oxygen atoms in total. The van der Waals surface area contributed by atoms with Crippen LogP contribution in [-0.4, -0.2) is 16.9 Å². The number of thiazole rings is 1. The van der Waals surface area contributed by atoms with E-state index in [4.69, 9.17) is 0 Å². The highest BCUT2D eigenvalue weighted by atomic mass is 79.9. The number of hydrogen-bond acceptors (Lipinski definition) is 3. The topological polar surface area (TPSA) is 42.0 Å². The summed E-state index contributed by atoms with van der Waals surface area (Å²) in [5.74, 6) is 0.716. The Morgan fingerprint density at radius 1 is 1.30 bits per heavy atom. The van der Waals surface area contributed by atoms with E-state index in [0.717, 1.165) is 33.6 Å². The summed E-state index contributed by atoms with van der Waals surface area (Å²) in [4.78, 5) is 16.7. The lowest BCUT2D eigenvalue weighted by Gasteiger charge is -2.14. The first-order valence-electron chi connectivity index (χ1n) is 7.93. The highest BCUT2D eigenvalue weighted by molar-refractivity contribution is 9.10. The first-order valence-corrected chi connectivity index (χ1v) is 9.61. The molecule has 0 fully saturated rings. The molecule has 0 aliphatic carbocycles. The number of aromatic nitrogens is 1. The van der Waals surface area contributed by atoms with Crippen molar-refractivity contribution in [3.05, 3.63) is 39.8 Å². The van der Waals surface area contributed by atoms with Crippen LogP contribution in [0.1, 0.15) is 39.3 Å². The molecule has 1 aromatic heterocycles. The van der Waals surface area contributed by atoms with Gasteiger partial charge in [-0.25, -0.2) is 4.98 Å². The minimum absolute atomic E-state index is 0.0485. The van der Waals surface area contributed by atoms with E-state index in [1.54, 1.807) is 11.3 Å². The van der Waals surface area contributed by atoms with Crippen molar-refractivity contribution in [3.63, 3.8) is 0 Å². The first kappa shape index (κ1) is 18.1. The summed E-state index contributed by atoms with van der Waals surface area (Å²) in [6, 6.07) is 8.26. The van der Waals surface area contributed by atoms with Gasteiger partial charge in [0.05, 0.1) is 12.1 Å². The lowest BCUT2D eigenvalue weighted by molar-refractivity contribution is -0.121. The number of rotatable bonds is 7. The largest absolute Gasteiger partial charge is 0.353 e. The van der Waals surface area contributed by atoms with Gasteiger partial charge in [0.1, 0.15) is 5.01 Å². The number of halogens is 1. The number of amides is 1. The number of carbonyl (C=O) groups is 1. The SMILES string of the molecule is CC(C)CCC(C)NC(=O)Cc1csc(-c2cccc(Br)c2)n1. The molecule has 1 unspecified atom stereocenters. The summed E-state index contributed by atoms with van der Waals surface area (Å²) < 4.78 is 1.03. The van der Waals surface area contributed by atoms with Crippen LogP contribution in [-0.2, 0) is 11.2 Å². The van der Waals surface area contributed by atoms with Gasteiger partial charge in [-0.3, -0.25) is 4.79 Å². The number of hydrogen-bond donors (Lipinski definition) is 1.